The minimum absolute atomic E-state index is 0.103. The van der Waals surface area contributed by atoms with Crippen LogP contribution in [0.4, 0.5) is 0 Å². The maximum Gasteiger partial charge on any atom is 0.128 e. The predicted molar refractivity (Wildman–Crippen MR) is 84.0 cm³/mol. The minimum Gasteiger partial charge on any atom is -0.497 e. The van der Waals surface area contributed by atoms with Crippen molar-refractivity contribution < 1.29 is 14.6 Å². The van der Waals surface area contributed by atoms with Gasteiger partial charge in [-0.3, -0.25) is 0 Å². The zero-order valence-electron chi connectivity index (χ0n) is 13.3. The van der Waals surface area contributed by atoms with E-state index in [9.17, 15) is 5.11 Å². The monoisotopic (exact) mass is 293 g/mol. The first-order chi connectivity index (χ1) is 10.2. The third-order valence-electron chi connectivity index (χ3n) is 4.08. The zero-order valence-corrected chi connectivity index (χ0v) is 13.3. The summed E-state index contributed by atoms with van der Waals surface area (Å²) in [6, 6.07) is 6.13. The molecule has 3 unspecified atom stereocenters. The van der Waals surface area contributed by atoms with Crippen LogP contribution in [0.2, 0.25) is 0 Å². The Balaban J connectivity index is 2.18. The Labute approximate surface area is 127 Å². The Morgan fingerprint density at radius 2 is 2.19 bits per heavy atom. The first-order valence-corrected chi connectivity index (χ1v) is 7.91. The van der Waals surface area contributed by atoms with Crippen LogP contribution in [0, 0.1) is 0 Å². The molecule has 2 rings (SSSR count). The number of nitrogens with one attached hydrogen (secondary N) is 1. The summed E-state index contributed by atoms with van der Waals surface area (Å²) in [5.74, 6) is 1.60. The lowest BCUT2D eigenvalue weighted by atomic mass is 10.1. The maximum atomic E-state index is 9.98. The van der Waals surface area contributed by atoms with Crippen molar-refractivity contribution in [3.63, 3.8) is 0 Å². The van der Waals surface area contributed by atoms with Gasteiger partial charge in [-0.05, 0) is 45.2 Å². The number of aliphatic hydroxyl groups excluding tert-OH is 1. The summed E-state index contributed by atoms with van der Waals surface area (Å²) >= 11 is 0. The van der Waals surface area contributed by atoms with E-state index in [0.717, 1.165) is 49.3 Å². The molecule has 1 aliphatic carbocycles. The van der Waals surface area contributed by atoms with Crippen molar-refractivity contribution in [2.24, 2.45) is 0 Å². The van der Waals surface area contributed by atoms with E-state index in [-0.39, 0.29) is 18.2 Å². The summed E-state index contributed by atoms with van der Waals surface area (Å²) in [5, 5.41) is 13.5. The predicted octanol–water partition coefficient (Wildman–Crippen LogP) is 3.05. The van der Waals surface area contributed by atoms with Gasteiger partial charge in [0.2, 0.25) is 0 Å². The lowest BCUT2D eigenvalue weighted by Crippen LogP contribution is -2.27. The number of rotatable bonds is 7. The van der Waals surface area contributed by atoms with Gasteiger partial charge in [-0.15, -0.1) is 0 Å². The highest BCUT2D eigenvalue weighted by Gasteiger charge is 2.28. The van der Waals surface area contributed by atoms with Crippen LogP contribution in [0.1, 0.15) is 51.1 Å². The van der Waals surface area contributed by atoms with Crippen LogP contribution in [-0.2, 0) is 0 Å². The molecule has 4 nitrogen and oxygen atoms in total. The lowest BCUT2D eigenvalue weighted by Gasteiger charge is -2.23. The minimum atomic E-state index is -0.358. The first-order valence-electron chi connectivity index (χ1n) is 7.91. The molecule has 0 saturated heterocycles. The number of hydrogen-bond acceptors (Lipinski definition) is 4. The summed E-state index contributed by atoms with van der Waals surface area (Å²) in [5.41, 5.74) is 1.11. The Hall–Kier alpha value is -1.26. The Morgan fingerprint density at radius 3 is 2.81 bits per heavy atom. The average Bonchev–Trinajstić information content (AvgIpc) is 2.90. The third kappa shape index (κ3) is 4.11. The largest absolute Gasteiger partial charge is 0.497 e. The molecule has 0 amide bonds. The van der Waals surface area contributed by atoms with Crippen LogP contribution in [-0.4, -0.2) is 31.0 Å². The molecule has 4 heteroatoms. The molecular weight excluding hydrogens is 266 g/mol. The molecule has 0 aromatic heterocycles. The second kappa shape index (κ2) is 7.66. The molecule has 1 aromatic carbocycles. The van der Waals surface area contributed by atoms with Gasteiger partial charge in [-0.2, -0.15) is 0 Å². The van der Waals surface area contributed by atoms with E-state index in [4.69, 9.17) is 9.47 Å². The van der Waals surface area contributed by atoms with E-state index in [1.807, 2.05) is 18.2 Å². The van der Waals surface area contributed by atoms with Crippen LogP contribution in [0.3, 0.4) is 0 Å². The van der Waals surface area contributed by atoms with Crippen LogP contribution in [0.15, 0.2) is 18.2 Å². The van der Waals surface area contributed by atoms with Gasteiger partial charge < -0.3 is 19.9 Å². The fourth-order valence-corrected chi connectivity index (χ4v) is 2.78. The average molecular weight is 293 g/mol. The Bertz CT molecular complexity index is 450. The molecular formula is C17H27NO3. The highest BCUT2D eigenvalue weighted by Crippen LogP contribution is 2.33. The van der Waals surface area contributed by atoms with Gasteiger partial charge in [0.05, 0.1) is 13.2 Å². The molecule has 118 valence electrons. The van der Waals surface area contributed by atoms with E-state index in [0.29, 0.717) is 0 Å². The van der Waals surface area contributed by atoms with E-state index in [2.05, 4.69) is 19.2 Å². The highest BCUT2D eigenvalue weighted by atomic mass is 16.5. The van der Waals surface area contributed by atoms with Crippen molar-refractivity contribution in [2.75, 3.05) is 13.7 Å². The number of methoxy groups -OCH3 is 1. The topological polar surface area (TPSA) is 50.7 Å². The number of hydrogen-bond donors (Lipinski definition) is 2. The molecule has 1 fully saturated rings. The fourth-order valence-electron chi connectivity index (χ4n) is 2.78. The molecule has 0 heterocycles. The molecule has 0 radical (unpaired) electrons. The second-order valence-electron chi connectivity index (χ2n) is 5.73. The van der Waals surface area contributed by atoms with Crippen LogP contribution >= 0.6 is 0 Å². The first kappa shape index (κ1) is 16.1. The van der Waals surface area contributed by atoms with Crippen molar-refractivity contribution in [1.82, 2.24) is 5.32 Å². The third-order valence-corrected chi connectivity index (χ3v) is 4.08. The number of benzene rings is 1. The second-order valence-corrected chi connectivity index (χ2v) is 5.73. The molecule has 2 N–H and O–H groups in total. The maximum absolute atomic E-state index is 9.98. The molecule has 3 atom stereocenters. The van der Waals surface area contributed by atoms with Crippen molar-refractivity contribution in [1.29, 1.82) is 0 Å². The number of aliphatic hydroxyl groups is 1. The van der Waals surface area contributed by atoms with E-state index >= 15 is 0 Å². The summed E-state index contributed by atoms with van der Waals surface area (Å²) in [6.07, 6.45) is 3.40. The van der Waals surface area contributed by atoms with Gasteiger partial charge >= 0.3 is 0 Å². The highest BCUT2D eigenvalue weighted by molar-refractivity contribution is 5.42. The standard InChI is InChI=1S/C17H27NO3/c1-4-10-18-12(2)14-9-8-13(20-3)11-17(14)21-16-7-5-6-15(16)19/h8-9,11-12,15-16,18-19H,4-7,10H2,1-3H3. The van der Waals surface area contributed by atoms with Gasteiger partial charge in [0.1, 0.15) is 17.6 Å². The van der Waals surface area contributed by atoms with Gasteiger partial charge in [-0.25, -0.2) is 0 Å². The van der Waals surface area contributed by atoms with E-state index in [1.165, 1.54) is 0 Å². The SMILES string of the molecule is CCCNC(C)c1ccc(OC)cc1OC1CCCC1O. The molecule has 0 aliphatic heterocycles. The molecule has 0 spiro atoms. The van der Waals surface area contributed by atoms with Crippen molar-refractivity contribution in [2.45, 2.75) is 57.8 Å². The van der Waals surface area contributed by atoms with Crippen LogP contribution in [0.25, 0.3) is 0 Å². The zero-order chi connectivity index (χ0) is 15.2. The molecule has 0 bridgehead atoms. The van der Waals surface area contributed by atoms with Gasteiger partial charge in [0.15, 0.2) is 0 Å². The quantitative estimate of drug-likeness (QED) is 0.811. The number of ether oxygens (including phenoxy) is 2. The smallest absolute Gasteiger partial charge is 0.128 e. The Morgan fingerprint density at radius 1 is 1.38 bits per heavy atom. The van der Waals surface area contributed by atoms with Crippen LogP contribution < -0.4 is 14.8 Å². The molecule has 1 saturated carbocycles. The van der Waals surface area contributed by atoms with Gasteiger partial charge in [-0.1, -0.05) is 13.0 Å². The summed E-state index contributed by atoms with van der Waals surface area (Å²) in [6.45, 7) is 5.26. The van der Waals surface area contributed by atoms with Gasteiger partial charge in [0, 0.05) is 17.7 Å². The summed E-state index contributed by atoms with van der Waals surface area (Å²) in [4.78, 5) is 0. The van der Waals surface area contributed by atoms with Crippen LogP contribution in [0.5, 0.6) is 11.5 Å². The Kier molecular flexibility index (Phi) is 5.88. The lowest BCUT2D eigenvalue weighted by molar-refractivity contribution is 0.0593. The van der Waals surface area contributed by atoms with E-state index < -0.39 is 0 Å². The summed E-state index contributed by atoms with van der Waals surface area (Å²) < 4.78 is 11.4. The van der Waals surface area contributed by atoms with Gasteiger partial charge in [0.25, 0.3) is 0 Å². The fraction of sp³-hybridized carbons (Fsp3) is 0.647. The normalized spacial score (nSPS) is 23.0. The molecule has 21 heavy (non-hydrogen) atoms. The van der Waals surface area contributed by atoms with Crippen molar-refractivity contribution >= 4 is 0 Å². The molecule has 1 aliphatic rings. The van der Waals surface area contributed by atoms with E-state index in [1.54, 1.807) is 7.11 Å². The van der Waals surface area contributed by atoms with Crippen molar-refractivity contribution in [3.8, 4) is 11.5 Å². The summed E-state index contributed by atoms with van der Waals surface area (Å²) in [7, 11) is 1.65. The molecule has 1 aromatic rings. The van der Waals surface area contributed by atoms with Crippen molar-refractivity contribution in [3.05, 3.63) is 23.8 Å².